The van der Waals surface area contributed by atoms with Crippen LogP contribution in [0.15, 0.2) is 10.9 Å². The molecule has 0 bridgehead atoms. The number of aromatic nitrogens is 2. The first-order valence-corrected chi connectivity index (χ1v) is 7.84. The van der Waals surface area contributed by atoms with Gasteiger partial charge in [-0.25, -0.2) is 4.68 Å². The van der Waals surface area contributed by atoms with Crippen molar-refractivity contribution < 1.29 is 9.47 Å². The molecule has 2 heterocycles. The normalized spacial score (nSPS) is 15.2. The van der Waals surface area contributed by atoms with Gasteiger partial charge >= 0.3 is 0 Å². The molecule has 21 heavy (non-hydrogen) atoms. The highest BCUT2D eigenvalue weighted by Gasteiger charge is 2.19. The van der Waals surface area contributed by atoms with E-state index in [1.165, 1.54) is 4.68 Å². The molecule has 1 saturated heterocycles. The first-order chi connectivity index (χ1) is 10.3. The molecular weight excluding hydrogens is 270 g/mol. The summed E-state index contributed by atoms with van der Waals surface area (Å²) in [5, 5.41) is 4.42. The van der Waals surface area contributed by atoms with Crippen LogP contribution in [0.3, 0.4) is 0 Å². The van der Waals surface area contributed by atoms with Gasteiger partial charge in [-0.15, -0.1) is 5.10 Å². The summed E-state index contributed by atoms with van der Waals surface area (Å²) in [5.74, 6) is 0.564. The summed E-state index contributed by atoms with van der Waals surface area (Å²) in [6, 6.07) is 1.65. The number of unbranched alkanes of at least 4 members (excludes halogenated alkanes) is 1. The van der Waals surface area contributed by atoms with Crippen LogP contribution in [-0.2, 0) is 11.3 Å². The molecule has 1 aliphatic rings. The maximum absolute atomic E-state index is 12.2. The molecule has 0 aromatic carbocycles. The van der Waals surface area contributed by atoms with E-state index < -0.39 is 0 Å². The highest BCUT2D eigenvalue weighted by atomic mass is 16.5. The molecular formula is C15H25N3O3. The zero-order valence-electron chi connectivity index (χ0n) is 13.0. The number of morpholine rings is 1. The summed E-state index contributed by atoms with van der Waals surface area (Å²) in [7, 11) is 0. The van der Waals surface area contributed by atoms with E-state index in [2.05, 4.69) is 23.8 Å². The lowest BCUT2D eigenvalue weighted by Crippen LogP contribution is -2.38. The summed E-state index contributed by atoms with van der Waals surface area (Å²) in [4.78, 5) is 14.3. The maximum Gasteiger partial charge on any atom is 0.269 e. The van der Waals surface area contributed by atoms with Gasteiger partial charge in [-0.3, -0.25) is 4.79 Å². The summed E-state index contributed by atoms with van der Waals surface area (Å²) in [6.45, 7) is 8.28. The van der Waals surface area contributed by atoms with Crippen LogP contribution in [0, 0.1) is 0 Å². The molecule has 0 unspecified atom stereocenters. The second kappa shape index (κ2) is 8.02. The van der Waals surface area contributed by atoms with Crippen molar-refractivity contribution in [3.63, 3.8) is 0 Å². The van der Waals surface area contributed by atoms with Gasteiger partial charge < -0.3 is 14.4 Å². The monoisotopic (exact) mass is 295 g/mol. The Kier molecular flexibility index (Phi) is 6.04. The van der Waals surface area contributed by atoms with Crippen LogP contribution in [0.25, 0.3) is 0 Å². The molecule has 0 radical (unpaired) electrons. The molecule has 0 atom stereocenters. The first-order valence-electron chi connectivity index (χ1n) is 7.84. The molecule has 1 aromatic heterocycles. The molecule has 6 heteroatoms. The Balaban J connectivity index is 2.27. The molecule has 118 valence electrons. The van der Waals surface area contributed by atoms with Crippen molar-refractivity contribution in [2.24, 2.45) is 0 Å². The van der Waals surface area contributed by atoms with Crippen LogP contribution in [0.5, 0.6) is 5.88 Å². The molecule has 2 rings (SSSR count). The van der Waals surface area contributed by atoms with Gasteiger partial charge in [0.15, 0.2) is 0 Å². The van der Waals surface area contributed by atoms with Crippen molar-refractivity contribution in [3.05, 3.63) is 16.4 Å². The fourth-order valence-corrected chi connectivity index (χ4v) is 2.26. The van der Waals surface area contributed by atoms with Crippen LogP contribution in [0.2, 0.25) is 0 Å². The molecule has 1 fully saturated rings. The SMILES string of the molecule is CCCCn1nc(OCCC)c(N2CCOCC2)cc1=O. The Morgan fingerprint density at radius 1 is 1.29 bits per heavy atom. The Bertz CT molecular complexity index is 495. The fraction of sp³-hybridized carbons (Fsp3) is 0.733. The number of hydrogen-bond acceptors (Lipinski definition) is 5. The predicted molar refractivity (Wildman–Crippen MR) is 82.2 cm³/mol. The molecule has 1 aromatic rings. The lowest BCUT2D eigenvalue weighted by molar-refractivity contribution is 0.122. The van der Waals surface area contributed by atoms with E-state index in [4.69, 9.17) is 9.47 Å². The van der Waals surface area contributed by atoms with E-state index in [-0.39, 0.29) is 5.56 Å². The van der Waals surface area contributed by atoms with Crippen molar-refractivity contribution in [2.45, 2.75) is 39.7 Å². The smallest absolute Gasteiger partial charge is 0.269 e. The molecule has 6 nitrogen and oxygen atoms in total. The van der Waals surface area contributed by atoms with Gasteiger partial charge in [0.1, 0.15) is 5.69 Å². The van der Waals surface area contributed by atoms with E-state index in [0.29, 0.717) is 32.2 Å². The standard InChI is InChI=1S/C15H25N3O3/c1-3-5-6-18-14(19)12-13(15(16-18)21-9-4-2)17-7-10-20-11-8-17/h12H,3-11H2,1-2H3. The Morgan fingerprint density at radius 3 is 2.71 bits per heavy atom. The van der Waals surface area contributed by atoms with Crippen LogP contribution < -0.4 is 15.2 Å². The number of rotatable bonds is 7. The van der Waals surface area contributed by atoms with Gasteiger partial charge in [-0.05, 0) is 12.8 Å². The number of aryl methyl sites for hydroxylation is 1. The Hall–Kier alpha value is -1.56. The summed E-state index contributed by atoms with van der Waals surface area (Å²) < 4.78 is 12.6. The second-order valence-electron chi connectivity index (χ2n) is 5.20. The minimum absolute atomic E-state index is 0.0613. The number of anilines is 1. The van der Waals surface area contributed by atoms with Crippen molar-refractivity contribution in [3.8, 4) is 5.88 Å². The molecule has 0 N–H and O–H groups in total. The lowest BCUT2D eigenvalue weighted by atomic mass is 10.3. The molecule has 0 spiro atoms. The van der Waals surface area contributed by atoms with E-state index in [1.54, 1.807) is 6.07 Å². The third-order valence-corrected chi connectivity index (χ3v) is 3.46. The largest absolute Gasteiger partial charge is 0.475 e. The van der Waals surface area contributed by atoms with E-state index in [1.807, 2.05) is 0 Å². The van der Waals surface area contributed by atoms with Crippen LogP contribution >= 0.6 is 0 Å². The maximum atomic E-state index is 12.2. The number of ether oxygens (including phenoxy) is 2. The van der Waals surface area contributed by atoms with Gasteiger partial charge in [0.25, 0.3) is 11.4 Å². The average Bonchev–Trinajstić information content (AvgIpc) is 2.53. The predicted octanol–water partition coefficient (Wildman–Crippen LogP) is 1.67. The van der Waals surface area contributed by atoms with E-state index >= 15 is 0 Å². The molecule has 0 saturated carbocycles. The highest BCUT2D eigenvalue weighted by Crippen LogP contribution is 2.25. The average molecular weight is 295 g/mol. The van der Waals surface area contributed by atoms with Gasteiger partial charge in [0.2, 0.25) is 0 Å². The molecule has 0 aliphatic carbocycles. The van der Waals surface area contributed by atoms with E-state index in [9.17, 15) is 4.79 Å². The van der Waals surface area contributed by atoms with Gasteiger partial charge in [0.05, 0.1) is 19.8 Å². The quantitative estimate of drug-likeness (QED) is 0.766. The summed E-state index contributed by atoms with van der Waals surface area (Å²) in [5.41, 5.74) is 0.735. The van der Waals surface area contributed by atoms with Crippen molar-refractivity contribution in [1.29, 1.82) is 0 Å². The zero-order valence-corrected chi connectivity index (χ0v) is 13.0. The number of nitrogens with zero attached hydrogens (tertiary/aromatic N) is 3. The number of hydrogen-bond donors (Lipinski definition) is 0. The second-order valence-corrected chi connectivity index (χ2v) is 5.20. The van der Waals surface area contributed by atoms with Crippen LogP contribution in [0.4, 0.5) is 5.69 Å². The third-order valence-electron chi connectivity index (χ3n) is 3.46. The summed E-state index contributed by atoms with van der Waals surface area (Å²) in [6.07, 6.45) is 2.89. The molecule has 0 amide bonds. The topological polar surface area (TPSA) is 56.6 Å². The van der Waals surface area contributed by atoms with Gasteiger partial charge in [-0.1, -0.05) is 20.3 Å². The van der Waals surface area contributed by atoms with Crippen molar-refractivity contribution in [1.82, 2.24) is 9.78 Å². The zero-order chi connectivity index (χ0) is 15.1. The van der Waals surface area contributed by atoms with Gasteiger partial charge in [-0.2, -0.15) is 0 Å². The van der Waals surface area contributed by atoms with Crippen molar-refractivity contribution >= 4 is 5.69 Å². The Labute approximate surface area is 125 Å². The van der Waals surface area contributed by atoms with Crippen molar-refractivity contribution in [2.75, 3.05) is 37.8 Å². The van der Waals surface area contributed by atoms with Gasteiger partial charge in [0, 0.05) is 25.7 Å². The minimum Gasteiger partial charge on any atom is -0.475 e. The third kappa shape index (κ3) is 4.20. The van der Waals surface area contributed by atoms with Crippen LogP contribution in [-0.4, -0.2) is 42.7 Å². The first kappa shape index (κ1) is 15.8. The van der Waals surface area contributed by atoms with E-state index in [0.717, 1.165) is 38.0 Å². The lowest BCUT2D eigenvalue weighted by Gasteiger charge is -2.29. The summed E-state index contributed by atoms with van der Waals surface area (Å²) >= 11 is 0. The highest BCUT2D eigenvalue weighted by molar-refractivity contribution is 5.54. The minimum atomic E-state index is -0.0613. The fourth-order valence-electron chi connectivity index (χ4n) is 2.26. The molecule has 1 aliphatic heterocycles. The van der Waals surface area contributed by atoms with Crippen LogP contribution in [0.1, 0.15) is 33.1 Å². The Morgan fingerprint density at radius 2 is 2.05 bits per heavy atom.